The number of benzene rings is 2. The van der Waals surface area contributed by atoms with Crippen LogP contribution in [0, 0.1) is 0 Å². The summed E-state index contributed by atoms with van der Waals surface area (Å²) in [5, 5.41) is 4.25. The molecule has 1 amide bonds. The zero-order valence-corrected chi connectivity index (χ0v) is 14.9. The molecule has 130 valence electrons. The van der Waals surface area contributed by atoms with Crippen LogP contribution in [-0.4, -0.2) is 11.6 Å². The van der Waals surface area contributed by atoms with Gasteiger partial charge in [0.25, 0.3) is 0 Å². The summed E-state index contributed by atoms with van der Waals surface area (Å²) in [5.74, 6) is 0.620. The number of hydrogen-bond donors (Lipinski definition) is 1. The number of hydrogen-bond acceptors (Lipinski definition) is 2. The van der Waals surface area contributed by atoms with Crippen LogP contribution < -0.4 is 5.43 Å². The highest BCUT2D eigenvalue weighted by Crippen LogP contribution is 2.32. The average molecular weight is 334 g/mol. The smallest absolute Gasteiger partial charge is 0.244 e. The summed E-state index contributed by atoms with van der Waals surface area (Å²) in [6.45, 7) is 1.93. The molecule has 1 fully saturated rings. The van der Waals surface area contributed by atoms with Gasteiger partial charge in [0, 0.05) is 0 Å². The maximum absolute atomic E-state index is 12.0. The zero-order valence-electron chi connectivity index (χ0n) is 14.9. The van der Waals surface area contributed by atoms with E-state index >= 15 is 0 Å². The molecule has 0 saturated heterocycles. The summed E-state index contributed by atoms with van der Waals surface area (Å²) in [5.41, 5.74) is 6.97. The third kappa shape index (κ3) is 5.02. The van der Waals surface area contributed by atoms with Crippen molar-refractivity contribution in [3.8, 4) is 0 Å². The Morgan fingerprint density at radius 2 is 1.68 bits per heavy atom. The molecule has 2 aromatic rings. The maximum atomic E-state index is 12.0. The first-order valence-electron chi connectivity index (χ1n) is 9.20. The molecule has 3 heteroatoms. The zero-order chi connectivity index (χ0) is 17.5. The molecular weight excluding hydrogens is 308 g/mol. The third-order valence-corrected chi connectivity index (χ3v) is 4.96. The topological polar surface area (TPSA) is 41.5 Å². The van der Waals surface area contributed by atoms with Gasteiger partial charge in [0.1, 0.15) is 0 Å². The summed E-state index contributed by atoms with van der Waals surface area (Å²) in [6.07, 6.45) is 7.03. The molecule has 0 unspecified atom stereocenters. The number of carbonyl (C=O) groups is 1. The van der Waals surface area contributed by atoms with Crippen molar-refractivity contribution >= 4 is 11.6 Å². The van der Waals surface area contributed by atoms with Crippen molar-refractivity contribution in [2.45, 2.75) is 51.4 Å². The van der Waals surface area contributed by atoms with Gasteiger partial charge < -0.3 is 0 Å². The van der Waals surface area contributed by atoms with Gasteiger partial charge in [-0.2, -0.15) is 5.10 Å². The molecule has 0 aliphatic heterocycles. The fourth-order valence-corrected chi connectivity index (χ4v) is 3.46. The van der Waals surface area contributed by atoms with Crippen LogP contribution in [0.25, 0.3) is 0 Å². The lowest BCUT2D eigenvalue weighted by molar-refractivity contribution is -0.120. The molecule has 1 aliphatic carbocycles. The normalized spacial score (nSPS) is 15.8. The van der Waals surface area contributed by atoms with Crippen LogP contribution in [0.3, 0.4) is 0 Å². The van der Waals surface area contributed by atoms with Crippen molar-refractivity contribution in [3.63, 3.8) is 0 Å². The van der Waals surface area contributed by atoms with Crippen molar-refractivity contribution in [3.05, 3.63) is 71.3 Å². The van der Waals surface area contributed by atoms with Crippen molar-refractivity contribution < 1.29 is 4.79 Å². The van der Waals surface area contributed by atoms with Gasteiger partial charge in [0.05, 0.1) is 12.1 Å². The van der Waals surface area contributed by atoms with E-state index < -0.39 is 0 Å². The molecule has 25 heavy (non-hydrogen) atoms. The summed E-state index contributed by atoms with van der Waals surface area (Å²) in [6, 6.07) is 18.4. The van der Waals surface area contributed by atoms with Crippen LogP contribution in [0.4, 0.5) is 0 Å². The lowest BCUT2D eigenvalue weighted by Gasteiger charge is -2.22. The Hall–Kier alpha value is -2.42. The second-order valence-electron chi connectivity index (χ2n) is 6.85. The summed E-state index contributed by atoms with van der Waals surface area (Å²) < 4.78 is 0. The molecule has 0 heterocycles. The Morgan fingerprint density at radius 1 is 1.00 bits per heavy atom. The van der Waals surface area contributed by atoms with Crippen LogP contribution in [0.15, 0.2) is 59.7 Å². The predicted molar refractivity (Wildman–Crippen MR) is 103 cm³/mol. The molecule has 0 radical (unpaired) electrons. The van der Waals surface area contributed by atoms with Gasteiger partial charge in [-0.15, -0.1) is 0 Å². The van der Waals surface area contributed by atoms with Crippen LogP contribution in [0.1, 0.15) is 61.6 Å². The predicted octanol–water partition coefficient (Wildman–Crippen LogP) is 4.82. The summed E-state index contributed by atoms with van der Waals surface area (Å²) >= 11 is 0. The minimum atomic E-state index is -0.0932. The lowest BCUT2D eigenvalue weighted by Crippen LogP contribution is -2.21. The Morgan fingerprint density at radius 3 is 2.36 bits per heavy atom. The van der Waals surface area contributed by atoms with E-state index in [4.69, 9.17) is 0 Å². The minimum Gasteiger partial charge on any atom is -0.273 e. The highest BCUT2D eigenvalue weighted by atomic mass is 16.2. The molecule has 0 spiro atoms. The first kappa shape index (κ1) is 17.4. The molecule has 0 atom stereocenters. The molecule has 0 bridgehead atoms. The number of rotatable bonds is 5. The molecule has 1 saturated carbocycles. The van der Waals surface area contributed by atoms with Crippen molar-refractivity contribution in [2.24, 2.45) is 5.10 Å². The Bertz CT molecular complexity index is 713. The number of nitrogens with zero attached hydrogens (tertiary/aromatic N) is 1. The first-order chi connectivity index (χ1) is 12.2. The SMILES string of the molecule is CC(=NNC(=O)Cc1ccccc1)c1ccc(C2CCCCC2)cc1. The monoisotopic (exact) mass is 334 g/mol. The summed E-state index contributed by atoms with van der Waals surface area (Å²) in [4.78, 5) is 12.0. The van der Waals surface area contributed by atoms with Crippen molar-refractivity contribution in [1.82, 2.24) is 5.43 Å². The van der Waals surface area contributed by atoms with Gasteiger partial charge in [0.2, 0.25) is 5.91 Å². The molecule has 1 N–H and O–H groups in total. The molecular formula is C22H26N2O. The molecule has 3 rings (SSSR count). The number of amides is 1. The first-order valence-corrected chi connectivity index (χ1v) is 9.20. The van der Waals surface area contributed by atoms with Gasteiger partial charge in [-0.25, -0.2) is 5.43 Å². The van der Waals surface area contributed by atoms with E-state index in [9.17, 15) is 4.79 Å². The Labute approximate surface area is 150 Å². The Kier molecular flexibility index (Phi) is 5.99. The van der Waals surface area contributed by atoms with Crippen LogP contribution in [-0.2, 0) is 11.2 Å². The fourth-order valence-electron chi connectivity index (χ4n) is 3.46. The highest BCUT2D eigenvalue weighted by molar-refractivity contribution is 5.99. The van der Waals surface area contributed by atoms with Gasteiger partial charge in [-0.1, -0.05) is 73.9 Å². The van der Waals surface area contributed by atoms with E-state index in [0.717, 1.165) is 16.8 Å². The van der Waals surface area contributed by atoms with Gasteiger partial charge in [-0.05, 0) is 42.4 Å². The molecule has 1 aliphatic rings. The van der Waals surface area contributed by atoms with E-state index in [1.807, 2.05) is 37.3 Å². The van der Waals surface area contributed by atoms with Gasteiger partial charge in [0.15, 0.2) is 0 Å². The third-order valence-electron chi connectivity index (χ3n) is 4.96. The van der Waals surface area contributed by atoms with E-state index in [0.29, 0.717) is 12.3 Å². The minimum absolute atomic E-state index is 0.0932. The second-order valence-corrected chi connectivity index (χ2v) is 6.85. The van der Waals surface area contributed by atoms with E-state index in [1.54, 1.807) is 0 Å². The van der Waals surface area contributed by atoms with E-state index in [1.165, 1.54) is 37.7 Å². The van der Waals surface area contributed by atoms with E-state index in [2.05, 4.69) is 34.8 Å². The van der Waals surface area contributed by atoms with Crippen molar-refractivity contribution in [2.75, 3.05) is 0 Å². The standard InChI is InChI=1S/C22H26N2O/c1-17(23-24-22(25)16-18-8-4-2-5-9-18)19-12-14-21(15-13-19)20-10-6-3-7-11-20/h2,4-5,8-9,12-15,20H,3,6-7,10-11,16H2,1H3,(H,24,25). The number of nitrogens with one attached hydrogen (secondary N) is 1. The molecule has 2 aromatic carbocycles. The Balaban J connectivity index is 1.57. The lowest BCUT2D eigenvalue weighted by atomic mass is 9.84. The van der Waals surface area contributed by atoms with Gasteiger partial charge >= 0.3 is 0 Å². The molecule has 0 aromatic heterocycles. The average Bonchev–Trinajstić information content (AvgIpc) is 2.68. The largest absolute Gasteiger partial charge is 0.273 e. The fraction of sp³-hybridized carbons (Fsp3) is 0.364. The number of carbonyl (C=O) groups excluding carboxylic acids is 1. The maximum Gasteiger partial charge on any atom is 0.244 e. The van der Waals surface area contributed by atoms with E-state index in [-0.39, 0.29) is 5.91 Å². The van der Waals surface area contributed by atoms with Crippen LogP contribution >= 0.6 is 0 Å². The van der Waals surface area contributed by atoms with Gasteiger partial charge in [-0.3, -0.25) is 4.79 Å². The van der Waals surface area contributed by atoms with Crippen LogP contribution in [0.2, 0.25) is 0 Å². The second kappa shape index (κ2) is 8.61. The quantitative estimate of drug-likeness (QED) is 0.618. The number of hydrazone groups is 1. The highest BCUT2D eigenvalue weighted by Gasteiger charge is 2.15. The molecule has 3 nitrogen and oxygen atoms in total. The summed E-state index contributed by atoms with van der Waals surface area (Å²) in [7, 11) is 0. The van der Waals surface area contributed by atoms with Crippen molar-refractivity contribution in [1.29, 1.82) is 0 Å². The van der Waals surface area contributed by atoms with Crippen LogP contribution in [0.5, 0.6) is 0 Å².